The van der Waals surface area contributed by atoms with E-state index in [2.05, 4.69) is 10.0 Å². The fourth-order valence-electron chi connectivity index (χ4n) is 2.50. The molecular weight excluding hydrogens is 262 g/mol. The van der Waals surface area contributed by atoms with Crippen LogP contribution in [-0.4, -0.2) is 44.9 Å². The summed E-state index contributed by atoms with van der Waals surface area (Å²) in [5.74, 6) is 0.803. The van der Waals surface area contributed by atoms with Crippen LogP contribution in [0.2, 0.25) is 0 Å². The van der Waals surface area contributed by atoms with E-state index >= 15 is 0 Å². The molecule has 1 atom stereocenters. The van der Waals surface area contributed by atoms with Crippen LogP contribution in [-0.2, 0) is 10.2 Å². The van der Waals surface area contributed by atoms with Crippen molar-refractivity contribution >= 4 is 10.2 Å². The molecule has 1 unspecified atom stereocenters. The first-order valence-corrected chi connectivity index (χ1v) is 8.90. The SMILES string of the molecule is CC(C)CNS(=O)(=O)N(CC1CCCNC1)C1CC1. The molecule has 5 nitrogen and oxygen atoms in total. The lowest BCUT2D eigenvalue weighted by Gasteiger charge is -2.29. The van der Waals surface area contributed by atoms with Crippen molar-refractivity contribution in [2.45, 2.75) is 45.6 Å². The zero-order valence-corrected chi connectivity index (χ0v) is 12.9. The zero-order chi connectivity index (χ0) is 13.9. The van der Waals surface area contributed by atoms with Gasteiger partial charge in [-0.1, -0.05) is 13.8 Å². The fraction of sp³-hybridized carbons (Fsp3) is 1.00. The van der Waals surface area contributed by atoms with Crippen molar-refractivity contribution in [1.29, 1.82) is 0 Å². The predicted molar refractivity (Wildman–Crippen MR) is 77.1 cm³/mol. The highest BCUT2D eigenvalue weighted by molar-refractivity contribution is 7.87. The smallest absolute Gasteiger partial charge is 0.279 e. The van der Waals surface area contributed by atoms with E-state index < -0.39 is 10.2 Å². The molecular formula is C13H27N3O2S. The summed E-state index contributed by atoms with van der Waals surface area (Å²) in [5.41, 5.74) is 0. The number of rotatable bonds is 7. The Morgan fingerprint density at radius 1 is 1.32 bits per heavy atom. The van der Waals surface area contributed by atoms with Gasteiger partial charge in [0.25, 0.3) is 10.2 Å². The Morgan fingerprint density at radius 2 is 2.05 bits per heavy atom. The van der Waals surface area contributed by atoms with Gasteiger partial charge in [0.05, 0.1) is 0 Å². The highest BCUT2D eigenvalue weighted by Crippen LogP contribution is 2.30. The first-order chi connectivity index (χ1) is 8.99. The lowest BCUT2D eigenvalue weighted by molar-refractivity contribution is 0.284. The molecule has 1 saturated carbocycles. The second-order valence-electron chi connectivity index (χ2n) is 6.26. The summed E-state index contributed by atoms with van der Waals surface area (Å²) in [4.78, 5) is 0. The largest absolute Gasteiger partial charge is 0.316 e. The maximum atomic E-state index is 12.4. The Balaban J connectivity index is 1.94. The second-order valence-corrected chi connectivity index (χ2v) is 7.97. The standard InChI is InChI=1S/C13H27N3O2S/c1-11(2)8-15-19(17,18)16(13-5-6-13)10-12-4-3-7-14-9-12/h11-15H,3-10H2,1-2H3. The van der Waals surface area contributed by atoms with Crippen LogP contribution in [0.3, 0.4) is 0 Å². The first-order valence-electron chi connectivity index (χ1n) is 7.46. The quantitative estimate of drug-likeness (QED) is 0.733. The lowest BCUT2D eigenvalue weighted by atomic mass is 10.00. The van der Waals surface area contributed by atoms with Crippen LogP contribution < -0.4 is 10.0 Å². The zero-order valence-electron chi connectivity index (χ0n) is 12.1. The third kappa shape index (κ3) is 4.70. The summed E-state index contributed by atoms with van der Waals surface area (Å²) < 4.78 is 29.2. The highest BCUT2D eigenvalue weighted by Gasteiger charge is 2.38. The third-order valence-electron chi connectivity index (χ3n) is 3.77. The molecule has 0 radical (unpaired) electrons. The van der Waals surface area contributed by atoms with E-state index in [1.165, 1.54) is 0 Å². The minimum absolute atomic E-state index is 0.242. The van der Waals surface area contributed by atoms with Gasteiger partial charge in [-0.05, 0) is 50.6 Å². The molecule has 1 heterocycles. The van der Waals surface area contributed by atoms with Gasteiger partial charge in [0.2, 0.25) is 0 Å². The Morgan fingerprint density at radius 3 is 2.58 bits per heavy atom. The van der Waals surface area contributed by atoms with E-state index in [-0.39, 0.29) is 6.04 Å². The van der Waals surface area contributed by atoms with Gasteiger partial charge >= 0.3 is 0 Å². The minimum Gasteiger partial charge on any atom is -0.316 e. The van der Waals surface area contributed by atoms with Crippen LogP contribution in [0.5, 0.6) is 0 Å². The van der Waals surface area contributed by atoms with E-state index in [0.717, 1.165) is 38.8 Å². The number of hydrogen-bond donors (Lipinski definition) is 2. The molecule has 0 aromatic carbocycles. The van der Waals surface area contributed by atoms with Crippen molar-refractivity contribution in [3.63, 3.8) is 0 Å². The van der Waals surface area contributed by atoms with Gasteiger partial charge in [-0.3, -0.25) is 0 Å². The Kier molecular flexibility index (Phi) is 5.22. The van der Waals surface area contributed by atoms with E-state index in [0.29, 0.717) is 24.9 Å². The summed E-state index contributed by atoms with van der Waals surface area (Å²) in [6.45, 7) is 7.25. The van der Waals surface area contributed by atoms with Gasteiger partial charge in [-0.2, -0.15) is 12.7 Å². The summed E-state index contributed by atoms with van der Waals surface area (Å²) >= 11 is 0. The maximum absolute atomic E-state index is 12.4. The molecule has 1 saturated heterocycles. The van der Waals surface area contributed by atoms with Crippen molar-refractivity contribution in [1.82, 2.24) is 14.3 Å². The predicted octanol–water partition coefficient (Wildman–Crippen LogP) is 0.941. The van der Waals surface area contributed by atoms with Crippen LogP contribution in [0, 0.1) is 11.8 Å². The van der Waals surface area contributed by atoms with Crippen LogP contribution in [0.25, 0.3) is 0 Å². The number of hydrogen-bond acceptors (Lipinski definition) is 3. The molecule has 2 fully saturated rings. The van der Waals surface area contributed by atoms with E-state index in [4.69, 9.17) is 0 Å². The van der Waals surface area contributed by atoms with E-state index in [9.17, 15) is 8.42 Å². The maximum Gasteiger partial charge on any atom is 0.279 e. The van der Waals surface area contributed by atoms with Crippen LogP contribution in [0.1, 0.15) is 39.5 Å². The topological polar surface area (TPSA) is 61.4 Å². The van der Waals surface area contributed by atoms with Crippen LogP contribution in [0.4, 0.5) is 0 Å². The molecule has 0 spiro atoms. The summed E-state index contributed by atoms with van der Waals surface area (Å²) in [7, 11) is -3.30. The van der Waals surface area contributed by atoms with Gasteiger partial charge in [0.15, 0.2) is 0 Å². The van der Waals surface area contributed by atoms with Crippen molar-refractivity contribution < 1.29 is 8.42 Å². The fourth-order valence-corrected chi connectivity index (χ4v) is 4.22. The number of nitrogens with zero attached hydrogens (tertiary/aromatic N) is 1. The monoisotopic (exact) mass is 289 g/mol. The Hall–Kier alpha value is -0.170. The molecule has 0 aromatic rings. The normalized spacial score (nSPS) is 25.2. The van der Waals surface area contributed by atoms with Gasteiger partial charge < -0.3 is 5.32 Å². The molecule has 0 bridgehead atoms. The highest BCUT2D eigenvalue weighted by atomic mass is 32.2. The van der Waals surface area contributed by atoms with Crippen molar-refractivity contribution in [3.8, 4) is 0 Å². The molecule has 0 amide bonds. The summed E-state index contributed by atoms with van der Waals surface area (Å²) in [5, 5.41) is 3.36. The van der Waals surface area contributed by atoms with E-state index in [1.807, 2.05) is 13.8 Å². The van der Waals surface area contributed by atoms with Crippen molar-refractivity contribution in [3.05, 3.63) is 0 Å². The molecule has 2 rings (SSSR count). The van der Waals surface area contributed by atoms with Crippen molar-refractivity contribution in [2.24, 2.45) is 11.8 Å². The molecule has 1 aliphatic heterocycles. The average molecular weight is 289 g/mol. The average Bonchev–Trinajstić information content (AvgIpc) is 3.19. The van der Waals surface area contributed by atoms with Gasteiger partial charge in [0, 0.05) is 19.1 Å². The van der Waals surface area contributed by atoms with Crippen LogP contribution >= 0.6 is 0 Å². The lowest BCUT2D eigenvalue weighted by Crippen LogP contribution is -2.47. The minimum atomic E-state index is -3.30. The molecule has 2 N–H and O–H groups in total. The molecule has 112 valence electrons. The van der Waals surface area contributed by atoms with Gasteiger partial charge in [0.1, 0.15) is 0 Å². The Bertz CT molecular complexity index is 373. The van der Waals surface area contributed by atoms with E-state index in [1.54, 1.807) is 4.31 Å². The van der Waals surface area contributed by atoms with Gasteiger partial charge in [-0.15, -0.1) is 0 Å². The number of piperidine rings is 1. The summed E-state index contributed by atoms with van der Waals surface area (Å²) in [6.07, 6.45) is 4.32. The summed E-state index contributed by atoms with van der Waals surface area (Å²) in [6, 6.07) is 0.242. The van der Waals surface area contributed by atoms with Crippen molar-refractivity contribution in [2.75, 3.05) is 26.2 Å². The third-order valence-corrected chi connectivity index (χ3v) is 5.37. The Labute approximate surface area is 117 Å². The molecule has 6 heteroatoms. The number of nitrogens with one attached hydrogen (secondary N) is 2. The molecule has 2 aliphatic rings. The van der Waals surface area contributed by atoms with Gasteiger partial charge in [-0.25, -0.2) is 4.72 Å². The molecule has 19 heavy (non-hydrogen) atoms. The second kappa shape index (κ2) is 6.52. The molecule has 1 aliphatic carbocycles. The first kappa shape index (κ1) is 15.2. The molecule has 0 aromatic heterocycles. The van der Waals surface area contributed by atoms with Crippen LogP contribution in [0.15, 0.2) is 0 Å².